The third kappa shape index (κ3) is 3.44. The van der Waals surface area contributed by atoms with Crippen LogP contribution in [0.5, 0.6) is 0 Å². The lowest BCUT2D eigenvalue weighted by atomic mass is 10.0. The van der Waals surface area contributed by atoms with Gasteiger partial charge in [0.25, 0.3) is 5.91 Å². The number of nitrogen functional groups attached to an aromatic ring is 1. The van der Waals surface area contributed by atoms with Crippen molar-refractivity contribution in [2.75, 3.05) is 12.8 Å². The summed E-state index contributed by atoms with van der Waals surface area (Å²) in [4.78, 5) is 23.4. The minimum absolute atomic E-state index is 0.104. The van der Waals surface area contributed by atoms with E-state index in [1.807, 2.05) is 13.8 Å². The van der Waals surface area contributed by atoms with E-state index in [9.17, 15) is 9.59 Å². The summed E-state index contributed by atoms with van der Waals surface area (Å²) in [6, 6.07) is -0.640. The molecule has 100 valence electrons. The maximum atomic E-state index is 11.8. The fraction of sp³-hybridized carbons (Fsp3) is 0.600. The number of nitrogens with zero attached hydrogens (tertiary/aromatic N) is 2. The van der Waals surface area contributed by atoms with Crippen molar-refractivity contribution in [2.45, 2.75) is 26.3 Å². The van der Waals surface area contributed by atoms with Crippen molar-refractivity contribution in [3.05, 3.63) is 5.69 Å². The third-order valence-electron chi connectivity index (χ3n) is 2.30. The zero-order chi connectivity index (χ0) is 13.7. The predicted octanol–water partition coefficient (Wildman–Crippen LogP) is -0.458. The number of likely N-dealkylation sites (N-methyl/N-ethyl adjacent to an activating group) is 1. The van der Waals surface area contributed by atoms with Crippen molar-refractivity contribution in [1.29, 1.82) is 0 Å². The van der Waals surface area contributed by atoms with Gasteiger partial charge in [0.2, 0.25) is 17.4 Å². The molecule has 0 aliphatic heterocycles. The van der Waals surface area contributed by atoms with Crippen LogP contribution in [-0.4, -0.2) is 35.2 Å². The van der Waals surface area contributed by atoms with Crippen LogP contribution in [0.4, 0.5) is 5.82 Å². The Bertz CT molecular complexity index is 429. The molecule has 0 saturated carbocycles. The molecule has 1 heterocycles. The topological polar surface area (TPSA) is 123 Å². The maximum Gasteiger partial charge on any atom is 0.278 e. The number of carbonyl (C=O) groups excluding carboxylic acids is 2. The fourth-order valence-electron chi connectivity index (χ4n) is 1.46. The standard InChI is InChI=1S/C10H17N5O3/c1-5(2)4-6(9(16)12-3)13-10(17)7-8(11)15-18-14-7/h5-6H,4H2,1-3H3,(H2,11,15)(H,12,16)(H,13,17). The zero-order valence-electron chi connectivity index (χ0n) is 10.6. The van der Waals surface area contributed by atoms with Gasteiger partial charge in [0.05, 0.1) is 0 Å². The van der Waals surface area contributed by atoms with Gasteiger partial charge in [0.1, 0.15) is 6.04 Å². The average molecular weight is 255 g/mol. The highest BCUT2D eigenvalue weighted by molar-refractivity contribution is 5.98. The van der Waals surface area contributed by atoms with Crippen LogP contribution in [0.3, 0.4) is 0 Å². The van der Waals surface area contributed by atoms with E-state index in [0.29, 0.717) is 6.42 Å². The van der Waals surface area contributed by atoms with E-state index in [1.54, 1.807) is 0 Å². The van der Waals surface area contributed by atoms with Gasteiger partial charge < -0.3 is 16.4 Å². The van der Waals surface area contributed by atoms with Crippen LogP contribution < -0.4 is 16.4 Å². The molecule has 1 atom stereocenters. The predicted molar refractivity (Wildman–Crippen MR) is 63.5 cm³/mol. The Morgan fingerprint density at radius 1 is 1.39 bits per heavy atom. The average Bonchev–Trinajstić information content (AvgIpc) is 2.73. The van der Waals surface area contributed by atoms with Crippen molar-refractivity contribution in [1.82, 2.24) is 20.9 Å². The first-order valence-electron chi connectivity index (χ1n) is 5.56. The lowest BCUT2D eigenvalue weighted by Crippen LogP contribution is -2.46. The van der Waals surface area contributed by atoms with Gasteiger partial charge in [-0.2, -0.15) is 0 Å². The minimum atomic E-state index is -0.640. The van der Waals surface area contributed by atoms with Crippen LogP contribution >= 0.6 is 0 Å². The zero-order valence-corrected chi connectivity index (χ0v) is 10.6. The molecular weight excluding hydrogens is 238 g/mol. The Hall–Kier alpha value is -2.12. The molecule has 0 aliphatic rings. The molecule has 0 aromatic carbocycles. The molecule has 0 bridgehead atoms. The summed E-state index contributed by atoms with van der Waals surface area (Å²) in [5.41, 5.74) is 5.28. The molecular formula is C10H17N5O3. The number of carbonyl (C=O) groups is 2. The molecule has 4 N–H and O–H groups in total. The second-order valence-corrected chi connectivity index (χ2v) is 4.27. The van der Waals surface area contributed by atoms with Gasteiger partial charge in [0.15, 0.2) is 0 Å². The van der Waals surface area contributed by atoms with E-state index in [2.05, 4.69) is 25.6 Å². The molecule has 1 aromatic rings. The quantitative estimate of drug-likeness (QED) is 0.654. The Balaban J connectivity index is 2.74. The summed E-state index contributed by atoms with van der Waals surface area (Å²) >= 11 is 0. The molecule has 0 radical (unpaired) electrons. The Morgan fingerprint density at radius 2 is 2.06 bits per heavy atom. The number of hydrogen-bond donors (Lipinski definition) is 3. The van der Waals surface area contributed by atoms with Crippen LogP contribution in [0.2, 0.25) is 0 Å². The highest BCUT2D eigenvalue weighted by atomic mass is 16.6. The molecule has 18 heavy (non-hydrogen) atoms. The molecule has 1 unspecified atom stereocenters. The first-order valence-corrected chi connectivity index (χ1v) is 5.56. The summed E-state index contributed by atoms with van der Waals surface area (Å²) in [5.74, 6) is -0.705. The summed E-state index contributed by atoms with van der Waals surface area (Å²) in [7, 11) is 1.51. The summed E-state index contributed by atoms with van der Waals surface area (Å²) in [5, 5.41) is 11.7. The Morgan fingerprint density at radius 3 is 2.50 bits per heavy atom. The number of aromatic nitrogens is 2. The van der Waals surface area contributed by atoms with Crippen molar-refractivity contribution in [3.63, 3.8) is 0 Å². The van der Waals surface area contributed by atoms with Crippen LogP contribution in [0.25, 0.3) is 0 Å². The number of rotatable bonds is 5. The van der Waals surface area contributed by atoms with Gasteiger partial charge in [-0.3, -0.25) is 9.59 Å². The van der Waals surface area contributed by atoms with E-state index >= 15 is 0 Å². The Kier molecular flexibility index (Phi) is 4.64. The Labute approximate surface area is 104 Å². The molecule has 0 spiro atoms. The molecule has 1 rings (SSSR count). The van der Waals surface area contributed by atoms with Gasteiger partial charge in [-0.25, -0.2) is 4.63 Å². The summed E-state index contributed by atoms with van der Waals surface area (Å²) < 4.78 is 4.33. The highest BCUT2D eigenvalue weighted by Gasteiger charge is 2.24. The first kappa shape index (κ1) is 13.9. The molecule has 8 heteroatoms. The number of nitrogens with one attached hydrogen (secondary N) is 2. The fourth-order valence-corrected chi connectivity index (χ4v) is 1.46. The van der Waals surface area contributed by atoms with Crippen LogP contribution in [0, 0.1) is 5.92 Å². The molecule has 0 saturated heterocycles. The van der Waals surface area contributed by atoms with Crippen molar-refractivity contribution in [3.8, 4) is 0 Å². The number of anilines is 1. The SMILES string of the molecule is CNC(=O)C(CC(C)C)NC(=O)c1nonc1N. The largest absolute Gasteiger partial charge is 0.379 e. The van der Waals surface area contributed by atoms with E-state index in [4.69, 9.17) is 5.73 Å². The molecule has 0 fully saturated rings. The van der Waals surface area contributed by atoms with E-state index in [0.717, 1.165) is 0 Å². The second-order valence-electron chi connectivity index (χ2n) is 4.27. The maximum absolute atomic E-state index is 11.8. The van der Waals surface area contributed by atoms with E-state index < -0.39 is 11.9 Å². The number of amides is 2. The summed E-state index contributed by atoms with van der Waals surface area (Å²) in [6.45, 7) is 3.90. The van der Waals surface area contributed by atoms with E-state index in [-0.39, 0.29) is 23.3 Å². The normalized spacial score (nSPS) is 12.2. The highest BCUT2D eigenvalue weighted by Crippen LogP contribution is 2.08. The summed E-state index contributed by atoms with van der Waals surface area (Å²) in [6.07, 6.45) is 0.511. The van der Waals surface area contributed by atoms with Gasteiger partial charge >= 0.3 is 0 Å². The monoisotopic (exact) mass is 255 g/mol. The third-order valence-corrected chi connectivity index (χ3v) is 2.30. The first-order chi connectivity index (χ1) is 8.45. The van der Waals surface area contributed by atoms with Gasteiger partial charge in [-0.15, -0.1) is 0 Å². The van der Waals surface area contributed by atoms with E-state index in [1.165, 1.54) is 7.05 Å². The second kappa shape index (κ2) is 5.99. The van der Waals surface area contributed by atoms with Crippen molar-refractivity contribution >= 4 is 17.6 Å². The van der Waals surface area contributed by atoms with Gasteiger partial charge in [-0.05, 0) is 22.7 Å². The molecule has 1 aromatic heterocycles. The van der Waals surface area contributed by atoms with Gasteiger partial charge in [0, 0.05) is 7.05 Å². The van der Waals surface area contributed by atoms with Crippen LogP contribution in [0.15, 0.2) is 4.63 Å². The van der Waals surface area contributed by atoms with Crippen LogP contribution in [0.1, 0.15) is 30.8 Å². The number of nitrogens with two attached hydrogens (primary N) is 1. The number of hydrogen-bond acceptors (Lipinski definition) is 6. The van der Waals surface area contributed by atoms with Crippen molar-refractivity contribution in [2.24, 2.45) is 5.92 Å². The minimum Gasteiger partial charge on any atom is -0.379 e. The molecule has 2 amide bonds. The molecule has 0 aliphatic carbocycles. The molecule has 8 nitrogen and oxygen atoms in total. The lowest BCUT2D eigenvalue weighted by Gasteiger charge is -2.18. The smallest absolute Gasteiger partial charge is 0.278 e. The lowest BCUT2D eigenvalue weighted by molar-refractivity contribution is -0.122. The van der Waals surface area contributed by atoms with Crippen LogP contribution in [-0.2, 0) is 4.79 Å². The van der Waals surface area contributed by atoms with Crippen molar-refractivity contribution < 1.29 is 14.2 Å². The van der Waals surface area contributed by atoms with Gasteiger partial charge in [-0.1, -0.05) is 13.8 Å².